The van der Waals surface area contributed by atoms with Gasteiger partial charge in [-0.2, -0.15) is 0 Å². The molecular weight excluding hydrogens is 200 g/mol. The van der Waals surface area contributed by atoms with Gasteiger partial charge < -0.3 is 9.80 Å². The molecule has 1 aromatic carbocycles. The smallest absolute Gasteiger partial charge is 0.255 e. The molecule has 0 N–H and O–H groups in total. The minimum absolute atomic E-state index is 0.124. The van der Waals surface area contributed by atoms with Crippen molar-refractivity contribution in [1.29, 1.82) is 0 Å². The van der Waals surface area contributed by atoms with E-state index >= 15 is 0 Å². The fraction of sp³-hybridized carbons (Fsp3) is 0.462. The van der Waals surface area contributed by atoms with Gasteiger partial charge >= 0.3 is 0 Å². The van der Waals surface area contributed by atoms with Crippen LogP contribution in [0.3, 0.4) is 0 Å². The van der Waals surface area contributed by atoms with Crippen molar-refractivity contribution >= 4 is 5.91 Å². The summed E-state index contributed by atoms with van der Waals surface area (Å²) in [5, 5.41) is 0. The molecule has 84 valence electrons. The Balaban J connectivity index is 2.16. The predicted molar refractivity (Wildman–Crippen MR) is 62.3 cm³/mol. The third-order valence-corrected chi connectivity index (χ3v) is 3.86. The first kappa shape index (κ1) is 9.85. The van der Waals surface area contributed by atoms with Crippen LogP contribution < -0.4 is 0 Å². The van der Waals surface area contributed by atoms with Gasteiger partial charge in [0.05, 0.1) is 5.54 Å². The highest BCUT2D eigenvalue weighted by atomic mass is 16.2. The molecule has 1 fully saturated rings. The van der Waals surface area contributed by atoms with Gasteiger partial charge in [-0.3, -0.25) is 4.79 Å². The van der Waals surface area contributed by atoms with E-state index in [2.05, 4.69) is 24.9 Å². The zero-order chi connectivity index (χ0) is 11.3. The second-order valence-electron chi connectivity index (χ2n) is 5.01. The Labute approximate surface area is 95.7 Å². The molecule has 0 aromatic heterocycles. The fourth-order valence-electron chi connectivity index (χ4n) is 3.05. The Hall–Kier alpha value is -1.35. The van der Waals surface area contributed by atoms with Crippen molar-refractivity contribution in [3.8, 4) is 0 Å². The van der Waals surface area contributed by atoms with Crippen molar-refractivity contribution in [2.24, 2.45) is 0 Å². The monoisotopic (exact) mass is 216 g/mol. The van der Waals surface area contributed by atoms with Crippen molar-refractivity contribution in [3.05, 3.63) is 35.4 Å². The molecule has 1 saturated heterocycles. The first-order chi connectivity index (χ1) is 7.63. The van der Waals surface area contributed by atoms with Crippen molar-refractivity contribution in [1.82, 2.24) is 9.80 Å². The highest BCUT2D eigenvalue weighted by Crippen LogP contribution is 2.40. The highest BCUT2D eigenvalue weighted by Gasteiger charge is 2.48. The lowest BCUT2D eigenvalue weighted by molar-refractivity contribution is 0.0261. The number of carbonyl (C=O) groups is 1. The Morgan fingerprint density at radius 2 is 2.00 bits per heavy atom. The molecule has 0 radical (unpaired) electrons. The van der Waals surface area contributed by atoms with E-state index < -0.39 is 0 Å². The Kier molecular flexibility index (Phi) is 1.89. The number of hydrogen-bond donors (Lipinski definition) is 0. The normalized spacial score (nSPS) is 29.1. The third-order valence-electron chi connectivity index (χ3n) is 3.86. The first-order valence-electron chi connectivity index (χ1n) is 5.73. The maximum Gasteiger partial charge on any atom is 0.255 e. The van der Waals surface area contributed by atoms with Crippen LogP contribution in [-0.2, 0) is 5.54 Å². The zero-order valence-corrected chi connectivity index (χ0v) is 9.73. The lowest BCUT2D eigenvalue weighted by atomic mass is 9.90. The topological polar surface area (TPSA) is 23.6 Å². The maximum atomic E-state index is 12.3. The van der Waals surface area contributed by atoms with Crippen molar-refractivity contribution in [3.63, 3.8) is 0 Å². The largest absolute Gasteiger partial charge is 0.327 e. The minimum Gasteiger partial charge on any atom is -0.327 e. The second-order valence-corrected chi connectivity index (χ2v) is 5.01. The summed E-state index contributed by atoms with van der Waals surface area (Å²) in [7, 11) is 2.12. The quantitative estimate of drug-likeness (QED) is 0.652. The van der Waals surface area contributed by atoms with Crippen LogP contribution in [0.2, 0.25) is 0 Å². The van der Waals surface area contributed by atoms with E-state index in [0.29, 0.717) is 0 Å². The van der Waals surface area contributed by atoms with E-state index in [4.69, 9.17) is 0 Å². The molecule has 0 spiro atoms. The van der Waals surface area contributed by atoms with E-state index in [1.807, 2.05) is 23.1 Å². The number of fused-ring (bicyclic) bond motifs is 3. The van der Waals surface area contributed by atoms with Crippen molar-refractivity contribution in [2.45, 2.75) is 12.5 Å². The summed E-state index contributed by atoms with van der Waals surface area (Å²) in [6, 6.07) is 8.01. The molecule has 1 amide bonds. The maximum absolute atomic E-state index is 12.3. The van der Waals surface area contributed by atoms with E-state index in [9.17, 15) is 4.79 Å². The average molecular weight is 216 g/mol. The standard InChI is InChI=1S/C13H16N2O/c1-13-9-14(2)7-8-15(13)12(16)10-5-3-4-6-11(10)13/h3-6H,7-9H2,1-2H3. The molecule has 1 atom stereocenters. The molecule has 0 aliphatic carbocycles. The van der Waals surface area contributed by atoms with Gasteiger partial charge in [0.25, 0.3) is 5.91 Å². The van der Waals surface area contributed by atoms with Gasteiger partial charge in [-0.1, -0.05) is 18.2 Å². The molecule has 0 saturated carbocycles. The summed E-state index contributed by atoms with van der Waals surface area (Å²) in [4.78, 5) is 16.6. The van der Waals surface area contributed by atoms with Gasteiger partial charge in [-0.05, 0) is 25.6 Å². The van der Waals surface area contributed by atoms with E-state index in [-0.39, 0.29) is 11.4 Å². The summed E-state index contributed by atoms with van der Waals surface area (Å²) in [6.45, 7) is 4.90. The van der Waals surface area contributed by atoms with Gasteiger partial charge in [0.1, 0.15) is 0 Å². The van der Waals surface area contributed by atoms with Crippen LogP contribution in [-0.4, -0.2) is 42.4 Å². The summed E-state index contributed by atoms with van der Waals surface area (Å²) >= 11 is 0. The highest BCUT2D eigenvalue weighted by molar-refractivity contribution is 6.00. The number of hydrogen-bond acceptors (Lipinski definition) is 2. The number of nitrogens with zero attached hydrogens (tertiary/aromatic N) is 2. The van der Waals surface area contributed by atoms with Gasteiger partial charge in [0.15, 0.2) is 0 Å². The van der Waals surface area contributed by atoms with Crippen LogP contribution >= 0.6 is 0 Å². The molecule has 3 nitrogen and oxygen atoms in total. The molecule has 3 heteroatoms. The molecule has 3 rings (SSSR count). The zero-order valence-electron chi connectivity index (χ0n) is 9.73. The minimum atomic E-state index is -0.124. The summed E-state index contributed by atoms with van der Waals surface area (Å²) in [6.07, 6.45) is 0. The molecular formula is C13H16N2O. The molecule has 2 aliphatic rings. The van der Waals surface area contributed by atoms with Gasteiger partial charge in [0, 0.05) is 25.2 Å². The van der Waals surface area contributed by atoms with Crippen LogP contribution in [0.1, 0.15) is 22.8 Å². The molecule has 1 aromatic rings. The Morgan fingerprint density at radius 3 is 2.81 bits per heavy atom. The average Bonchev–Trinajstić information content (AvgIpc) is 2.49. The number of likely N-dealkylation sites (N-methyl/N-ethyl adjacent to an activating group) is 1. The first-order valence-corrected chi connectivity index (χ1v) is 5.73. The van der Waals surface area contributed by atoms with Gasteiger partial charge in [0.2, 0.25) is 0 Å². The van der Waals surface area contributed by atoms with Crippen LogP contribution in [0.4, 0.5) is 0 Å². The van der Waals surface area contributed by atoms with Crippen LogP contribution in [0.5, 0.6) is 0 Å². The van der Waals surface area contributed by atoms with Gasteiger partial charge in [-0.25, -0.2) is 0 Å². The fourth-order valence-corrected chi connectivity index (χ4v) is 3.05. The van der Waals surface area contributed by atoms with Crippen LogP contribution in [0, 0.1) is 0 Å². The number of amides is 1. The molecule has 2 heterocycles. The predicted octanol–water partition coefficient (Wildman–Crippen LogP) is 1.30. The third kappa shape index (κ3) is 1.09. The number of carbonyl (C=O) groups excluding carboxylic acids is 1. The van der Waals surface area contributed by atoms with E-state index in [1.54, 1.807) is 0 Å². The van der Waals surface area contributed by atoms with E-state index in [1.165, 1.54) is 5.56 Å². The number of benzene rings is 1. The lowest BCUT2D eigenvalue weighted by Crippen LogP contribution is -2.56. The van der Waals surface area contributed by atoms with Crippen LogP contribution in [0.25, 0.3) is 0 Å². The number of rotatable bonds is 0. The molecule has 16 heavy (non-hydrogen) atoms. The summed E-state index contributed by atoms with van der Waals surface area (Å²) < 4.78 is 0. The summed E-state index contributed by atoms with van der Waals surface area (Å²) in [5.41, 5.74) is 1.95. The lowest BCUT2D eigenvalue weighted by Gasteiger charge is -2.44. The SMILES string of the molecule is CN1CCN2C(=O)c3ccccc3C2(C)C1. The number of piperazine rings is 1. The van der Waals surface area contributed by atoms with E-state index in [0.717, 1.165) is 25.2 Å². The Morgan fingerprint density at radius 1 is 1.25 bits per heavy atom. The Bertz CT molecular complexity index is 457. The summed E-state index contributed by atoms with van der Waals surface area (Å²) in [5.74, 6) is 0.200. The van der Waals surface area contributed by atoms with Crippen molar-refractivity contribution < 1.29 is 4.79 Å². The van der Waals surface area contributed by atoms with Crippen LogP contribution in [0.15, 0.2) is 24.3 Å². The second kappa shape index (κ2) is 3.08. The van der Waals surface area contributed by atoms with Gasteiger partial charge in [-0.15, -0.1) is 0 Å². The molecule has 2 aliphatic heterocycles. The van der Waals surface area contributed by atoms with Crippen molar-refractivity contribution in [2.75, 3.05) is 26.7 Å². The molecule has 1 unspecified atom stereocenters. The molecule has 0 bridgehead atoms.